The van der Waals surface area contributed by atoms with Crippen molar-refractivity contribution in [2.24, 2.45) is 0 Å². The Bertz CT molecular complexity index is 405. The van der Waals surface area contributed by atoms with Crippen LogP contribution < -0.4 is 0 Å². The minimum atomic E-state index is -0.954. The highest BCUT2D eigenvalue weighted by molar-refractivity contribution is 5.66. The van der Waals surface area contributed by atoms with Crippen molar-refractivity contribution < 1.29 is 45.0 Å². The molecule has 0 aromatic rings. The summed E-state index contributed by atoms with van der Waals surface area (Å²) in [6, 6.07) is 0. The van der Waals surface area contributed by atoms with E-state index in [-0.39, 0.29) is 13.2 Å². The summed E-state index contributed by atoms with van der Waals surface area (Å²) in [4.78, 5) is 28.3. The zero-order valence-corrected chi connectivity index (χ0v) is 21.7. The van der Waals surface area contributed by atoms with Gasteiger partial charge in [-0.25, -0.2) is 0 Å². The molecule has 6 N–H and O–H groups in total. The van der Waals surface area contributed by atoms with Crippen molar-refractivity contribution in [2.75, 3.05) is 13.2 Å². The van der Waals surface area contributed by atoms with E-state index in [9.17, 15) is 4.79 Å². The Morgan fingerprint density at radius 2 is 0.794 bits per heavy atom. The predicted octanol–water partition coefficient (Wildman–Crippen LogP) is 4.85. The van der Waals surface area contributed by atoms with E-state index in [1.165, 1.54) is 83.5 Å². The van der Waals surface area contributed by atoms with Crippen molar-refractivity contribution in [1.82, 2.24) is 0 Å². The lowest BCUT2D eigenvalue weighted by Gasteiger charge is -2.03. The molecule has 0 saturated heterocycles. The van der Waals surface area contributed by atoms with Crippen LogP contribution in [0.2, 0.25) is 0 Å². The largest absolute Gasteiger partial charge is 0.481 e. The molecule has 0 saturated carbocycles. The summed E-state index contributed by atoms with van der Waals surface area (Å²) in [7, 11) is 0. The topological polar surface area (TPSA) is 173 Å². The first-order chi connectivity index (χ1) is 16.0. The number of carboxylic acid groups (broad SMARTS) is 3. The average Bonchev–Trinajstić information content (AvgIpc) is 2.75. The van der Waals surface area contributed by atoms with E-state index >= 15 is 0 Å². The van der Waals surface area contributed by atoms with Crippen LogP contribution >= 0.6 is 0 Å². The molecule has 0 fully saturated rings. The smallest absolute Gasteiger partial charge is 0.303 e. The Labute approximate surface area is 206 Å². The van der Waals surface area contributed by atoms with Crippen molar-refractivity contribution in [3.05, 3.63) is 0 Å². The summed E-state index contributed by atoms with van der Waals surface area (Å²) in [5.74, 6) is -2.32. The second-order valence-corrected chi connectivity index (χ2v) is 8.15. The molecule has 0 aromatic heterocycles. The minimum absolute atomic E-state index is 0.345. The Morgan fingerprint density at radius 3 is 0.971 bits per heavy atom. The highest BCUT2D eigenvalue weighted by Gasteiger charge is 1.97. The van der Waals surface area contributed by atoms with Gasteiger partial charge in [0.05, 0.1) is 13.2 Å². The zero-order valence-electron chi connectivity index (χ0n) is 21.7. The van der Waals surface area contributed by atoms with E-state index in [4.69, 9.17) is 40.2 Å². The first-order valence-corrected chi connectivity index (χ1v) is 12.6. The third-order valence-corrected chi connectivity index (χ3v) is 4.42. The van der Waals surface area contributed by atoms with Crippen LogP contribution in [-0.4, -0.2) is 67.9 Å². The maximum absolute atomic E-state index is 10.3. The summed E-state index contributed by atoms with van der Waals surface area (Å²) in [5.41, 5.74) is 0. The summed E-state index contributed by atoms with van der Waals surface area (Å²) in [6.07, 6.45) is 19.2. The molecule has 0 amide bonds. The Morgan fingerprint density at radius 1 is 0.559 bits per heavy atom. The van der Waals surface area contributed by atoms with E-state index in [1.807, 2.05) is 0 Å². The lowest BCUT2D eigenvalue weighted by Crippen LogP contribution is -2.15. The van der Waals surface area contributed by atoms with Gasteiger partial charge in [-0.05, 0) is 6.42 Å². The van der Waals surface area contributed by atoms with Crippen LogP contribution in [0.1, 0.15) is 124 Å². The number of hydrogen-bond donors (Lipinski definition) is 6. The fraction of sp³-hybridized carbons (Fsp3) is 0.880. The Kier molecular flexibility index (Phi) is 41.7. The van der Waals surface area contributed by atoms with Gasteiger partial charge in [0.25, 0.3) is 11.9 Å². The molecule has 9 heteroatoms. The van der Waals surface area contributed by atoms with Crippen molar-refractivity contribution in [3.8, 4) is 0 Å². The van der Waals surface area contributed by atoms with Crippen LogP contribution in [0.15, 0.2) is 0 Å². The average molecular weight is 497 g/mol. The predicted molar refractivity (Wildman–Crippen MR) is 134 cm³/mol. The van der Waals surface area contributed by atoms with Crippen molar-refractivity contribution in [3.63, 3.8) is 0 Å². The van der Waals surface area contributed by atoms with Gasteiger partial charge in [-0.15, -0.1) is 0 Å². The van der Waals surface area contributed by atoms with Gasteiger partial charge in [0.2, 0.25) is 0 Å². The van der Waals surface area contributed by atoms with Gasteiger partial charge in [0.15, 0.2) is 0 Å². The third-order valence-electron chi connectivity index (χ3n) is 4.42. The van der Waals surface area contributed by atoms with Crippen LogP contribution in [0, 0.1) is 0 Å². The molecule has 206 valence electrons. The number of aliphatic hydroxyl groups excluding tert-OH is 3. The lowest BCUT2D eigenvalue weighted by atomic mass is 10.0. The molecule has 0 aliphatic rings. The quantitative estimate of drug-likeness (QED) is 0.145. The first-order valence-electron chi connectivity index (χ1n) is 12.6. The molecule has 0 bridgehead atoms. The standard InChI is InChI=1S/C18H36O2.C3H8O3.2C2H4O2/c1-2-3-4-5-6-7-8-9-10-11-12-13-14-15-16-17-18(19)20;4-1-3(6)2-5;2*1-2(3)4/h2-17H2,1H3,(H,19,20);3-6H,1-2H2;2*1H3,(H,3,4). The van der Waals surface area contributed by atoms with E-state index in [0.29, 0.717) is 6.42 Å². The molecule has 0 radical (unpaired) electrons. The second-order valence-electron chi connectivity index (χ2n) is 8.15. The first kappa shape index (κ1) is 39.5. The number of aliphatic carboxylic acids is 3. The number of unbranched alkanes of at least 4 members (excludes halogenated alkanes) is 14. The van der Waals surface area contributed by atoms with Gasteiger partial charge < -0.3 is 30.6 Å². The Hall–Kier alpha value is -1.71. The molecule has 0 unspecified atom stereocenters. The van der Waals surface area contributed by atoms with Crippen molar-refractivity contribution >= 4 is 17.9 Å². The van der Waals surface area contributed by atoms with Crippen molar-refractivity contribution in [2.45, 2.75) is 130 Å². The molecule has 0 aromatic carbocycles. The maximum atomic E-state index is 10.3. The number of hydrogen-bond acceptors (Lipinski definition) is 6. The molecule has 34 heavy (non-hydrogen) atoms. The molecule has 0 aliphatic heterocycles. The monoisotopic (exact) mass is 496 g/mol. The summed E-state index contributed by atoms with van der Waals surface area (Å²) >= 11 is 0. The summed E-state index contributed by atoms with van der Waals surface area (Å²) in [6.45, 7) is 3.71. The number of carbonyl (C=O) groups is 3. The lowest BCUT2D eigenvalue weighted by molar-refractivity contribution is -0.137. The fourth-order valence-corrected chi connectivity index (χ4v) is 2.71. The summed E-state index contributed by atoms with van der Waals surface area (Å²) < 4.78 is 0. The second kappa shape index (κ2) is 35.9. The van der Waals surface area contributed by atoms with Gasteiger partial charge in [-0.2, -0.15) is 0 Å². The summed E-state index contributed by atoms with van der Waals surface area (Å²) in [5, 5.41) is 47.4. The zero-order chi connectivity index (χ0) is 27.0. The maximum Gasteiger partial charge on any atom is 0.303 e. The van der Waals surface area contributed by atoms with E-state index in [2.05, 4.69) is 6.92 Å². The fourth-order valence-electron chi connectivity index (χ4n) is 2.71. The van der Waals surface area contributed by atoms with Gasteiger partial charge in [0, 0.05) is 20.3 Å². The molecular formula is C25H52O9. The van der Waals surface area contributed by atoms with Gasteiger partial charge >= 0.3 is 5.97 Å². The van der Waals surface area contributed by atoms with E-state index in [1.54, 1.807) is 0 Å². The van der Waals surface area contributed by atoms with Gasteiger partial charge in [0.1, 0.15) is 6.10 Å². The van der Waals surface area contributed by atoms with Crippen LogP contribution in [0.4, 0.5) is 0 Å². The van der Waals surface area contributed by atoms with Crippen LogP contribution in [0.5, 0.6) is 0 Å². The molecule has 0 spiro atoms. The molecule has 0 aliphatic carbocycles. The SMILES string of the molecule is CC(=O)O.CC(=O)O.CCCCCCCCCCCCCCCCCC(=O)O.OCC(O)CO. The van der Waals surface area contributed by atoms with Crippen LogP contribution in [-0.2, 0) is 14.4 Å². The van der Waals surface area contributed by atoms with Crippen molar-refractivity contribution in [1.29, 1.82) is 0 Å². The normalized spacial score (nSPS) is 9.62. The number of carboxylic acids is 3. The molecular weight excluding hydrogens is 444 g/mol. The highest BCUT2D eigenvalue weighted by atomic mass is 16.4. The Balaban J connectivity index is -0.000000260. The number of rotatable bonds is 18. The van der Waals surface area contributed by atoms with Crippen LogP contribution in [0.3, 0.4) is 0 Å². The van der Waals surface area contributed by atoms with Gasteiger partial charge in [-0.1, -0.05) is 96.8 Å². The molecule has 9 nitrogen and oxygen atoms in total. The molecule has 0 atom stereocenters. The van der Waals surface area contributed by atoms with Gasteiger partial charge in [-0.3, -0.25) is 14.4 Å². The molecule has 0 rings (SSSR count). The van der Waals surface area contributed by atoms with E-state index < -0.39 is 24.0 Å². The molecule has 0 heterocycles. The van der Waals surface area contributed by atoms with Crippen LogP contribution in [0.25, 0.3) is 0 Å². The third kappa shape index (κ3) is 69.8. The highest BCUT2D eigenvalue weighted by Crippen LogP contribution is 2.13. The number of aliphatic hydroxyl groups is 3. The minimum Gasteiger partial charge on any atom is -0.481 e. The van der Waals surface area contributed by atoms with E-state index in [0.717, 1.165) is 26.7 Å².